The quantitative estimate of drug-likeness (QED) is 0.651. The molecule has 1 aliphatic heterocycles. The van der Waals surface area contributed by atoms with E-state index in [0.29, 0.717) is 24.6 Å². The first-order chi connectivity index (χ1) is 14.0. The van der Waals surface area contributed by atoms with E-state index in [4.69, 9.17) is 9.47 Å². The van der Waals surface area contributed by atoms with Gasteiger partial charge in [-0.05, 0) is 43.4 Å². The first-order valence-electron chi connectivity index (χ1n) is 11.0. The number of methoxy groups -OCH3 is 2. The van der Waals surface area contributed by atoms with E-state index in [2.05, 4.69) is 17.1 Å². The minimum Gasteiger partial charge on any atom is -0.493 e. The number of fused-ring (bicyclic) bond motifs is 1. The molecule has 0 spiro atoms. The van der Waals surface area contributed by atoms with Crippen molar-refractivity contribution < 1.29 is 19.4 Å². The van der Waals surface area contributed by atoms with E-state index in [1.54, 1.807) is 14.2 Å². The lowest BCUT2D eigenvalue weighted by Gasteiger charge is -2.52. The van der Waals surface area contributed by atoms with Gasteiger partial charge < -0.3 is 19.9 Å². The van der Waals surface area contributed by atoms with Crippen molar-refractivity contribution >= 4 is 5.91 Å². The minimum atomic E-state index is -0.648. The Hall–Kier alpha value is -1.79. The number of ether oxygens (including phenoxy) is 2. The molecular weight excluding hydrogens is 368 g/mol. The maximum Gasteiger partial charge on any atom is 0.234 e. The summed E-state index contributed by atoms with van der Waals surface area (Å²) in [6, 6.07) is 5.97. The van der Waals surface area contributed by atoms with Gasteiger partial charge in [-0.2, -0.15) is 0 Å². The fraction of sp³-hybridized carbons (Fsp3) is 0.696. The third-order valence-corrected chi connectivity index (χ3v) is 6.62. The molecule has 1 aromatic rings. The largest absolute Gasteiger partial charge is 0.493 e. The number of rotatable bonds is 8. The number of hydrogen-bond acceptors (Lipinski definition) is 5. The maximum atomic E-state index is 12.6. The molecule has 2 N–H and O–H groups in total. The Labute approximate surface area is 174 Å². The van der Waals surface area contributed by atoms with Crippen molar-refractivity contribution in [2.45, 2.75) is 63.5 Å². The summed E-state index contributed by atoms with van der Waals surface area (Å²) in [7, 11) is 3.27. The second-order valence-corrected chi connectivity index (χ2v) is 8.44. The molecule has 6 nitrogen and oxygen atoms in total. The van der Waals surface area contributed by atoms with Crippen LogP contribution in [0.3, 0.4) is 0 Å². The second-order valence-electron chi connectivity index (χ2n) is 8.44. The zero-order valence-electron chi connectivity index (χ0n) is 18.1. The molecule has 1 saturated heterocycles. The predicted molar refractivity (Wildman–Crippen MR) is 113 cm³/mol. The van der Waals surface area contributed by atoms with E-state index < -0.39 is 5.60 Å². The number of likely N-dealkylation sites (tertiary alicyclic amines) is 1. The van der Waals surface area contributed by atoms with Crippen molar-refractivity contribution in [3.05, 3.63) is 23.8 Å². The molecule has 162 valence electrons. The summed E-state index contributed by atoms with van der Waals surface area (Å²) in [5, 5.41) is 14.4. The van der Waals surface area contributed by atoms with Gasteiger partial charge in [0.25, 0.3) is 0 Å². The van der Waals surface area contributed by atoms with Gasteiger partial charge in [-0.1, -0.05) is 32.3 Å². The van der Waals surface area contributed by atoms with Gasteiger partial charge in [0.05, 0.1) is 26.4 Å². The van der Waals surface area contributed by atoms with E-state index >= 15 is 0 Å². The van der Waals surface area contributed by atoms with E-state index in [1.165, 1.54) is 0 Å². The number of carbonyl (C=O) groups excluding carboxylic acids is 1. The van der Waals surface area contributed by atoms with Crippen LogP contribution in [0.2, 0.25) is 0 Å². The van der Waals surface area contributed by atoms with Gasteiger partial charge in [-0.25, -0.2) is 0 Å². The number of hydrogen-bond donors (Lipinski definition) is 2. The summed E-state index contributed by atoms with van der Waals surface area (Å²) in [5.74, 6) is 1.55. The van der Waals surface area contributed by atoms with Crippen LogP contribution in [0.4, 0.5) is 0 Å². The number of benzene rings is 1. The Bertz CT molecular complexity index is 695. The van der Waals surface area contributed by atoms with Crippen molar-refractivity contribution in [3.8, 4) is 11.5 Å². The smallest absolute Gasteiger partial charge is 0.234 e. The number of carbonyl (C=O) groups is 1. The van der Waals surface area contributed by atoms with Crippen LogP contribution in [0.1, 0.15) is 63.5 Å². The molecule has 0 aromatic heterocycles. The highest BCUT2D eigenvalue weighted by Gasteiger charge is 2.49. The summed E-state index contributed by atoms with van der Waals surface area (Å²) in [6.07, 6.45) is 6.79. The molecule has 1 heterocycles. The molecule has 29 heavy (non-hydrogen) atoms. The molecular formula is C23H36N2O4. The first kappa shape index (κ1) is 21.9. The fourth-order valence-electron chi connectivity index (χ4n) is 5.04. The van der Waals surface area contributed by atoms with Gasteiger partial charge in [0.1, 0.15) is 0 Å². The first-order valence-corrected chi connectivity index (χ1v) is 11.0. The molecule has 6 heteroatoms. The Balaban J connectivity index is 1.88. The molecule has 2 fully saturated rings. The third kappa shape index (κ3) is 4.86. The average Bonchev–Trinajstić information content (AvgIpc) is 2.73. The number of piperidine rings is 1. The normalized spacial score (nSPS) is 27.2. The summed E-state index contributed by atoms with van der Waals surface area (Å²) >= 11 is 0. The molecule has 0 bridgehead atoms. The monoisotopic (exact) mass is 404 g/mol. The summed E-state index contributed by atoms with van der Waals surface area (Å²) in [5.41, 5.74) is 0.430. The fourth-order valence-corrected chi connectivity index (χ4v) is 5.04. The average molecular weight is 405 g/mol. The minimum absolute atomic E-state index is 0.00854. The molecule has 1 aromatic carbocycles. The van der Waals surface area contributed by atoms with Crippen molar-refractivity contribution in [1.82, 2.24) is 10.2 Å². The predicted octanol–water partition coefficient (Wildman–Crippen LogP) is 3.29. The van der Waals surface area contributed by atoms with Gasteiger partial charge in [0.2, 0.25) is 5.91 Å². The van der Waals surface area contributed by atoms with Gasteiger partial charge in [-0.3, -0.25) is 9.69 Å². The van der Waals surface area contributed by atoms with E-state index in [1.807, 2.05) is 18.2 Å². The number of nitrogens with zero attached hydrogens (tertiary/aromatic N) is 1. The van der Waals surface area contributed by atoms with Crippen LogP contribution in [0.15, 0.2) is 18.2 Å². The Morgan fingerprint density at radius 3 is 2.76 bits per heavy atom. The summed E-state index contributed by atoms with van der Waals surface area (Å²) in [4.78, 5) is 14.8. The Kier molecular flexibility index (Phi) is 7.41. The molecule has 1 saturated carbocycles. The lowest BCUT2D eigenvalue weighted by atomic mass is 9.66. The van der Waals surface area contributed by atoms with Gasteiger partial charge >= 0.3 is 0 Å². The number of unbranched alkanes of at least 4 members (excludes halogenated alkanes) is 1. The summed E-state index contributed by atoms with van der Waals surface area (Å²) < 4.78 is 10.9. The number of amides is 1. The van der Waals surface area contributed by atoms with Crippen molar-refractivity contribution in [2.75, 3.05) is 33.9 Å². The van der Waals surface area contributed by atoms with Crippen LogP contribution in [0.5, 0.6) is 11.5 Å². The van der Waals surface area contributed by atoms with Gasteiger partial charge in [-0.15, -0.1) is 0 Å². The molecule has 1 amide bonds. The van der Waals surface area contributed by atoms with Crippen LogP contribution in [-0.2, 0) is 4.79 Å². The third-order valence-electron chi connectivity index (χ3n) is 6.62. The second kappa shape index (κ2) is 9.81. The van der Waals surface area contributed by atoms with Crippen molar-refractivity contribution in [1.29, 1.82) is 0 Å². The standard InChI is InChI=1S/C23H36N2O4/c1-4-5-13-24-21(26)16-25-14-12-23(27)11-7-6-8-18(23)22(25)17-9-10-19(28-2)20(15-17)29-3/h9-10,15,18,22,27H,4-8,11-14,16H2,1-3H3,(H,24,26). The lowest BCUT2D eigenvalue weighted by molar-refractivity contribution is -0.137. The highest BCUT2D eigenvalue weighted by Crippen LogP contribution is 2.50. The molecule has 3 unspecified atom stereocenters. The van der Waals surface area contributed by atoms with Gasteiger partial charge in [0.15, 0.2) is 11.5 Å². The zero-order valence-corrected chi connectivity index (χ0v) is 18.1. The van der Waals surface area contributed by atoms with E-state index in [9.17, 15) is 9.90 Å². The van der Waals surface area contributed by atoms with Crippen LogP contribution in [0, 0.1) is 5.92 Å². The highest BCUT2D eigenvalue weighted by atomic mass is 16.5. The Morgan fingerprint density at radius 2 is 2.03 bits per heavy atom. The molecule has 2 aliphatic rings. The van der Waals surface area contributed by atoms with Crippen LogP contribution < -0.4 is 14.8 Å². The van der Waals surface area contributed by atoms with Crippen molar-refractivity contribution in [3.63, 3.8) is 0 Å². The molecule has 0 radical (unpaired) electrons. The highest BCUT2D eigenvalue weighted by molar-refractivity contribution is 5.78. The molecule has 3 rings (SSSR count). The number of aliphatic hydroxyl groups is 1. The van der Waals surface area contributed by atoms with E-state index in [-0.39, 0.29) is 17.9 Å². The van der Waals surface area contributed by atoms with E-state index in [0.717, 1.165) is 57.1 Å². The summed E-state index contributed by atoms with van der Waals surface area (Å²) in [6.45, 7) is 3.91. The molecule has 1 aliphatic carbocycles. The van der Waals surface area contributed by atoms with Crippen LogP contribution in [-0.4, -0.2) is 55.4 Å². The van der Waals surface area contributed by atoms with Crippen molar-refractivity contribution in [2.24, 2.45) is 5.92 Å². The lowest BCUT2D eigenvalue weighted by Crippen LogP contribution is -2.56. The Morgan fingerprint density at radius 1 is 1.24 bits per heavy atom. The zero-order chi connectivity index (χ0) is 20.9. The SMILES string of the molecule is CCCCNC(=O)CN1CCC2(O)CCCCC2C1c1ccc(OC)c(OC)c1. The van der Waals surface area contributed by atoms with Gasteiger partial charge in [0, 0.05) is 25.0 Å². The maximum absolute atomic E-state index is 12.6. The van der Waals surface area contributed by atoms with Crippen LogP contribution >= 0.6 is 0 Å². The topological polar surface area (TPSA) is 71.0 Å². The molecule has 3 atom stereocenters. The number of nitrogens with one attached hydrogen (secondary N) is 1. The van der Waals surface area contributed by atoms with Crippen LogP contribution in [0.25, 0.3) is 0 Å².